The predicted molar refractivity (Wildman–Crippen MR) is 229 cm³/mol. The van der Waals surface area contributed by atoms with E-state index >= 15 is 4.39 Å². The largest absolute Gasteiger partial charge is 0.369 e. The van der Waals surface area contributed by atoms with Crippen LogP contribution in [0.2, 0.25) is 0 Å². The lowest BCUT2D eigenvalue weighted by Gasteiger charge is -2.47. The van der Waals surface area contributed by atoms with Gasteiger partial charge < -0.3 is 31.4 Å². The number of benzene rings is 3. The Bertz CT molecular complexity index is 2450. The van der Waals surface area contributed by atoms with Gasteiger partial charge >= 0.3 is 0 Å². The van der Waals surface area contributed by atoms with Crippen LogP contribution in [0.1, 0.15) is 86.2 Å². The second-order valence-electron chi connectivity index (χ2n) is 16.0. The smallest absolute Gasteiger partial charge is 0.257 e. The van der Waals surface area contributed by atoms with E-state index in [1.54, 1.807) is 23.9 Å². The minimum absolute atomic E-state index is 0.0638. The van der Waals surface area contributed by atoms with Crippen molar-refractivity contribution < 1.29 is 23.6 Å². The monoisotopic (exact) mass is 811 g/mol. The zero-order valence-corrected chi connectivity index (χ0v) is 34.1. The highest BCUT2D eigenvalue weighted by Crippen LogP contribution is 2.42. The van der Waals surface area contributed by atoms with Crippen molar-refractivity contribution in [1.29, 1.82) is 0 Å². The molecule has 2 fully saturated rings. The minimum Gasteiger partial charge on any atom is -0.369 e. The standard InChI is InChI=1S/C46H50FN9O4/c1-27-6-4-8-39(50-27)52-46(60)35-14-15-37(41(47)28(35)2)42-40(43(48)58)44-51-38-16-13-33(24-31(38)17-18-56(44)53-42)54-19-21-55(22-20-54)34-25-32(26-34)29-9-11-30(12-10-29)36(7-5-23-57)45(59)49-3/h4,6,8-16,23-24,32,34,36,51H,5,7,17-22,25-26H2,1-3H3,(H2,48,58)(H,49,59)(H,50,52,60). The Balaban J connectivity index is 0.900. The average Bonchev–Trinajstić information content (AvgIpc) is 3.49. The number of aldehydes is 1. The van der Waals surface area contributed by atoms with Crippen molar-refractivity contribution in [3.8, 4) is 11.3 Å². The van der Waals surface area contributed by atoms with Crippen LogP contribution >= 0.6 is 0 Å². The molecule has 0 bridgehead atoms. The lowest BCUT2D eigenvalue weighted by molar-refractivity contribution is -0.122. The summed E-state index contributed by atoms with van der Waals surface area (Å²) in [4.78, 5) is 58.8. The summed E-state index contributed by atoms with van der Waals surface area (Å²) in [5.41, 5.74) is 12.5. The van der Waals surface area contributed by atoms with E-state index in [0.29, 0.717) is 49.4 Å². The van der Waals surface area contributed by atoms with Crippen molar-refractivity contribution in [3.63, 3.8) is 0 Å². The van der Waals surface area contributed by atoms with E-state index in [0.717, 1.165) is 73.5 Å². The van der Waals surface area contributed by atoms with Crippen LogP contribution in [0, 0.1) is 19.7 Å². The first kappa shape index (κ1) is 40.4. The van der Waals surface area contributed by atoms with E-state index in [-0.39, 0.29) is 39.8 Å². The molecule has 0 spiro atoms. The number of likely N-dealkylation sites (N-methyl/N-ethyl adjacent to an activating group) is 1. The maximum atomic E-state index is 16.1. The maximum Gasteiger partial charge on any atom is 0.257 e. The fourth-order valence-corrected chi connectivity index (χ4v) is 8.90. The number of amides is 3. The first-order valence-electron chi connectivity index (χ1n) is 20.6. The number of pyridine rings is 1. The zero-order chi connectivity index (χ0) is 42.1. The van der Waals surface area contributed by atoms with Crippen LogP contribution in [0.5, 0.6) is 0 Å². The Hall–Kier alpha value is -6.41. The van der Waals surface area contributed by atoms with Crippen LogP contribution in [0.25, 0.3) is 11.3 Å². The van der Waals surface area contributed by atoms with E-state index < -0.39 is 17.6 Å². The Labute approximate surface area is 348 Å². The van der Waals surface area contributed by atoms with E-state index in [4.69, 9.17) is 10.8 Å². The third kappa shape index (κ3) is 7.99. The maximum absolute atomic E-state index is 16.1. The number of piperazine rings is 1. The number of rotatable bonds is 12. The third-order valence-electron chi connectivity index (χ3n) is 12.4. The van der Waals surface area contributed by atoms with E-state index in [1.807, 2.05) is 31.2 Å². The van der Waals surface area contributed by atoms with Crippen LogP contribution < -0.4 is 26.6 Å². The minimum atomic E-state index is -0.741. The number of carbonyl (C=O) groups is 4. The Kier molecular flexibility index (Phi) is 11.5. The van der Waals surface area contributed by atoms with Gasteiger partial charge in [0.05, 0.1) is 5.92 Å². The molecule has 1 saturated heterocycles. The van der Waals surface area contributed by atoms with Gasteiger partial charge in [0.15, 0.2) is 0 Å². The van der Waals surface area contributed by atoms with Crippen molar-refractivity contribution in [2.75, 3.05) is 48.8 Å². The molecule has 8 rings (SSSR count). The van der Waals surface area contributed by atoms with Crippen molar-refractivity contribution in [1.82, 2.24) is 25.0 Å². The number of nitrogens with zero attached hydrogens (tertiary/aromatic N) is 5. The van der Waals surface area contributed by atoms with Gasteiger partial charge in [-0.3, -0.25) is 19.3 Å². The topological polar surface area (TPSA) is 168 Å². The fraction of sp³-hybridized carbons (Fsp3) is 0.348. The molecule has 2 aromatic heterocycles. The molecule has 13 nitrogen and oxygen atoms in total. The van der Waals surface area contributed by atoms with Crippen LogP contribution in [0.15, 0.2) is 72.8 Å². The lowest BCUT2D eigenvalue weighted by atomic mass is 9.74. The molecule has 3 aromatic carbocycles. The normalized spacial score (nSPS) is 17.9. The molecule has 1 saturated carbocycles. The van der Waals surface area contributed by atoms with Gasteiger partial charge in [0.1, 0.15) is 35.0 Å². The molecule has 1 aliphatic carbocycles. The molecular weight excluding hydrogens is 762 g/mol. The van der Waals surface area contributed by atoms with Gasteiger partial charge in [-0.1, -0.05) is 30.3 Å². The average molecular weight is 812 g/mol. The summed E-state index contributed by atoms with van der Waals surface area (Å²) < 4.78 is 17.8. The molecule has 3 aliphatic rings. The quantitative estimate of drug-likeness (QED) is 0.107. The number of nitrogens with one attached hydrogen (secondary N) is 3. The molecule has 1 atom stereocenters. The first-order valence-corrected chi connectivity index (χ1v) is 20.6. The predicted octanol–water partition coefficient (Wildman–Crippen LogP) is 6.23. The van der Waals surface area contributed by atoms with Crippen molar-refractivity contribution in [2.24, 2.45) is 5.73 Å². The van der Waals surface area contributed by atoms with E-state index in [9.17, 15) is 19.2 Å². The number of hydrogen-bond acceptors (Lipinski definition) is 9. The van der Waals surface area contributed by atoms with Crippen molar-refractivity contribution >= 4 is 47.0 Å². The Morgan fingerprint density at radius 2 is 1.75 bits per heavy atom. The lowest BCUT2D eigenvalue weighted by Crippen LogP contribution is -2.53. The summed E-state index contributed by atoms with van der Waals surface area (Å²) in [6, 6.07) is 23.5. The van der Waals surface area contributed by atoms with Crippen LogP contribution in [0.4, 0.5) is 27.4 Å². The first-order chi connectivity index (χ1) is 29.0. The molecule has 3 amide bonds. The van der Waals surface area contributed by atoms with Crippen molar-refractivity contribution in [3.05, 3.63) is 118 Å². The molecule has 4 heterocycles. The Morgan fingerprint density at radius 1 is 0.983 bits per heavy atom. The van der Waals surface area contributed by atoms with Crippen LogP contribution in [0.3, 0.4) is 0 Å². The van der Waals surface area contributed by atoms with Gasteiger partial charge in [-0.05, 0) is 110 Å². The molecule has 1 unspecified atom stereocenters. The number of aryl methyl sites for hydroxylation is 3. The van der Waals surface area contributed by atoms with Gasteiger partial charge in [-0.2, -0.15) is 5.10 Å². The number of anilines is 4. The molecule has 14 heteroatoms. The highest BCUT2D eigenvalue weighted by atomic mass is 19.1. The number of halogens is 1. The highest BCUT2D eigenvalue weighted by Gasteiger charge is 2.36. The number of carbonyl (C=O) groups excluding carboxylic acids is 4. The number of hydrogen-bond donors (Lipinski definition) is 4. The molecule has 0 radical (unpaired) electrons. The molecule has 2 aliphatic heterocycles. The Morgan fingerprint density at radius 3 is 2.45 bits per heavy atom. The molecule has 60 heavy (non-hydrogen) atoms. The molecular formula is C46H50FN9O4. The van der Waals surface area contributed by atoms with Crippen molar-refractivity contribution in [2.45, 2.75) is 70.4 Å². The second kappa shape index (κ2) is 17.1. The van der Waals surface area contributed by atoms with E-state index in [1.165, 1.54) is 24.6 Å². The number of fused-ring (bicyclic) bond motifs is 2. The SMILES string of the molecule is CNC(=O)C(CCC=O)c1ccc(C2CC(N3CCN(c4ccc5c(c4)CCn4nc(-c6ccc(C(=O)Nc7cccc(C)n7)c(C)c6F)c(C(N)=O)c4N5)CC3)C2)cc1. The van der Waals surface area contributed by atoms with Gasteiger partial charge in [-0.15, -0.1) is 0 Å². The van der Waals surface area contributed by atoms with Crippen LogP contribution in [-0.2, 0) is 22.6 Å². The second-order valence-corrected chi connectivity index (χ2v) is 16.0. The summed E-state index contributed by atoms with van der Waals surface area (Å²) in [5.74, 6) is -1.02. The molecule has 310 valence electrons. The zero-order valence-electron chi connectivity index (χ0n) is 34.1. The summed E-state index contributed by atoms with van der Waals surface area (Å²) in [6.45, 7) is 7.55. The molecule has 5 N–H and O–H groups in total. The molecule has 5 aromatic rings. The summed E-state index contributed by atoms with van der Waals surface area (Å²) in [5, 5.41) is 13.6. The van der Waals surface area contributed by atoms with Gasteiger partial charge in [0.2, 0.25) is 5.91 Å². The van der Waals surface area contributed by atoms with Crippen LogP contribution in [-0.4, -0.2) is 82.9 Å². The number of nitrogens with two attached hydrogens (primary N) is 1. The number of primary amides is 1. The van der Waals surface area contributed by atoms with E-state index in [2.05, 4.69) is 55.0 Å². The third-order valence-corrected chi connectivity index (χ3v) is 12.4. The summed E-state index contributed by atoms with van der Waals surface area (Å²) in [7, 11) is 1.63. The van der Waals surface area contributed by atoms with Gasteiger partial charge in [0.25, 0.3) is 11.8 Å². The summed E-state index contributed by atoms with van der Waals surface area (Å²) >= 11 is 0. The fourth-order valence-electron chi connectivity index (χ4n) is 8.90. The summed E-state index contributed by atoms with van der Waals surface area (Å²) in [6.07, 6.45) is 4.58. The highest BCUT2D eigenvalue weighted by molar-refractivity contribution is 6.07. The van der Waals surface area contributed by atoms with Gasteiger partial charge in [0, 0.05) is 80.4 Å². The number of aromatic nitrogens is 3. The van der Waals surface area contributed by atoms with Gasteiger partial charge in [-0.25, -0.2) is 14.1 Å².